The summed E-state index contributed by atoms with van der Waals surface area (Å²) in [6.07, 6.45) is 1.55. The molecule has 0 aromatic heterocycles. The van der Waals surface area contributed by atoms with Crippen LogP contribution >= 0.6 is 0 Å². The molecule has 1 atom stereocenters. The number of rotatable bonds is 1. The number of ether oxygens (including phenoxy) is 1. The summed E-state index contributed by atoms with van der Waals surface area (Å²) in [6, 6.07) is 0. The molecule has 1 N–H and O–H groups in total. The Morgan fingerprint density at radius 2 is 2.17 bits per heavy atom. The molecule has 70 valence electrons. The van der Waals surface area contributed by atoms with E-state index in [2.05, 4.69) is 5.32 Å². The van der Waals surface area contributed by atoms with Crippen LogP contribution in [0.2, 0.25) is 0 Å². The fourth-order valence-corrected chi connectivity index (χ4v) is 1.35. The van der Waals surface area contributed by atoms with Gasteiger partial charge in [0.2, 0.25) is 5.91 Å². The van der Waals surface area contributed by atoms with Crippen molar-refractivity contribution in [3.05, 3.63) is 0 Å². The summed E-state index contributed by atoms with van der Waals surface area (Å²) in [5, 5.41) is 2.78. The molecule has 1 fully saturated rings. The Morgan fingerprint density at radius 3 is 2.67 bits per heavy atom. The van der Waals surface area contributed by atoms with Gasteiger partial charge in [0.1, 0.15) is 0 Å². The molecule has 0 aliphatic carbocycles. The molecule has 1 amide bonds. The Bertz CT molecular complexity index is 172. The second kappa shape index (κ2) is 3.44. The molecule has 0 bridgehead atoms. The molecule has 0 radical (unpaired) electrons. The van der Waals surface area contributed by atoms with Gasteiger partial charge in [0.25, 0.3) is 0 Å². The van der Waals surface area contributed by atoms with Crippen LogP contribution in [0.25, 0.3) is 0 Å². The third-order valence-electron chi connectivity index (χ3n) is 1.72. The Hall–Kier alpha value is -0.570. The molecule has 1 rings (SSSR count). The number of hydrogen-bond acceptors (Lipinski definition) is 2. The molecule has 3 nitrogen and oxygen atoms in total. The summed E-state index contributed by atoms with van der Waals surface area (Å²) >= 11 is 0. The summed E-state index contributed by atoms with van der Waals surface area (Å²) in [5.74, 6) is 0.107. The van der Waals surface area contributed by atoms with Gasteiger partial charge >= 0.3 is 0 Å². The van der Waals surface area contributed by atoms with Gasteiger partial charge in [0, 0.05) is 6.54 Å². The van der Waals surface area contributed by atoms with Crippen molar-refractivity contribution < 1.29 is 9.53 Å². The zero-order valence-electron chi connectivity index (χ0n) is 8.02. The monoisotopic (exact) mass is 171 g/mol. The van der Waals surface area contributed by atoms with E-state index in [9.17, 15) is 4.79 Å². The van der Waals surface area contributed by atoms with Gasteiger partial charge in [-0.05, 0) is 27.2 Å². The maximum atomic E-state index is 11.0. The van der Waals surface area contributed by atoms with E-state index in [1.807, 2.05) is 20.8 Å². The van der Waals surface area contributed by atoms with Gasteiger partial charge in [-0.3, -0.25) is 4.79 Å². The van der Waals surface area contributed by atoms with Crippen LogP contribution < -0.4 is 5.32 Å². The Kier molecular flexibility index (Phi) is 2.73. The zero-order valence-corrected chi connectivity index (χ0v) is 8.02. The van der Waals surface area contributed by atoms with Crippen molar-refractivity contribution >= 4 is 5.91 Å². The fourth-order valence-electron chi connectivity index (χ4n) is 1.35. The van der Waals surface area contributed by atoms with Gasteiger partial charge < -0.3 is 10.1 Å². The standard InChI is InChI=1S/C9H17NO2/c1-9(2,3)12-7-4-5-10-8(11)6-7/h7H,4-6H2,1-3H3,(H,10,11)/t7-/m1/s1. The van der Waals surface area contributed by atoms with Crippen LogP contribution in [0.4, 0.5) is 0 Å². The van der Waals surface area contributed by atoms with Crippen LogP contribution in [0, 0.1) is 0 Å². The normalized spacial score (nSPS) is 25.2. The fraction of sp³-hybridized carbons (Fsp3) is 0.889. The molecule has 1 saturated heterocycles. The predicted molar refractivity (Wildman–Crippen MR) is 46.9 cm³/mol. The van der Waals surface area contributed by atoms with Crippen LogP contribution in [-0.2, 0) is 9.53 Å². The lowest BCUT2D eigenvalue weighted by Crippen LogP contribution is -2.40. The van der Waals surface area contributed by atoms with E-state index in [-0.39, 0.29) is 17.6 Å². The number of amides is 1. The third-order valence-corrected chi connectivity index (χ3v) is 1.72. The van der Waals surface area contributed by atoms with Gasteiger partial charge in [0.15, 0.2) is 0 Å². The Balaban J connectivity index is 2.37. The van der Waals surface area contributed by atoms with E-state index in [0.29, 0.717) is 6.42 Å². The van der Waals surface area contributed by atoms with Gasteiger partial charge in [0.05, 0.1) is 18.1 Å². The number of nitrogens with one attached hydrogen (secondary N) is 1. The number of piperidine rings is 1. The lowest BCUT2D eigenvalue weighted by Gasteiger charge is -2.29. The van der Waals surface area contributed by atoms with Gasteiger partial charge in [-0.25, -0.2) is 0 Å². The number of carbonyl (C=O) groups excluding carboxylic acids is 1. The molecular weight excluding hydrogens is 154 g/mol. The topological polar surface area (TPSA) is 38.3 Å². The molecule has 1 heterocycles. The first-order chi connectivity index (χ1) is 5.47. The van der Waals surface area contributed by atoms with Gasteiger partial charge in [-0.2, -0.15) is 0 Å². The summed E-state index contributed by atoms with van der Waals surface area (Å²) < 4.78 is 5.69. The predicted octanol–water partition coefficient (Wildman–Crippen LogP) is 1.08. The van der Waals surface area contributed by atoms with Crippen molar-refractivity contribution in [1.82, 2.24) is 5.32 Å². The second-order valence-corrected chi connectivity index (χ2v) is 4.19. The first-order valence-electron chi connectivity index (χ1n) is 4.42. The highest BCUT2D eigenvalue weighted by Crippen LogP contribution is 2.17. The van der Waals surface area contributed by atoms with Crippen LogP contribution in [0.15, 0.2) is 0 Å². The van der Waals surface area contributed by atoms with Crippen LogP contribution in [0.3, 0.4) is 0 Å². The maximum Gasteiger partial charge on any atom is 0.222 e. The molecule has 3 heteroatoms. The smallest absolute Gasteiger partial charge is 0.222 e. The van der Waals surface area contributed by atoms with E-state index >= 15 is 0 Å². The minimum Gasteiger partial charge on any atom is -0.372 e. The zero-order chi connectivity index (χ0) is 9.19. The summed E-state index contributed by atoms with van der Waals surface area (Å²) in [4.78, 5) is 11.0. The third kappa shape index (κ3) is 3.22. The summed E-state index contributed by atoms with van der Waals surface area (Å²) in [6.45, 7) is 6.79. The minimum absolute atomic E-state index is 0.107. The molecule has 0 unspecified atom stereocenters. The highest BCUT2D eigenvalue weighted by Gasteiger charge is 2.24. The maximum absolute atomic E-state index is 11.0. The van der Waals surface area contributed by atoms with E-state index in [0.717, 1.165) is 13.0 Å². The van der Waals surface area contributed by atoms with E-state index in [1.165, 1.54) is 0 Å². The molecule has 1 aliphatic rings. The van der Waals surface area contributed by atoms with Crippen LogP contribution in [0.1, 0.15) is 33.6 Å². The van der Waals surface area contributed by atoms with Crippen molar-refractivity contribution in [3.63, 3.8) is 0 Å². The van der Waals surface area contributed by atoms with Crippen molar-refractivity contribution in [1.29, 1.82) is 0 Å². The molecule has 0 aromatic carbocycles. The highest BCUT2D eigenvalue weighted by molar-refractivity contribution is 5.77. The molecular formula is C9H17NO2. The number of hydrogen-bond donors (Lipinski definition) is 1. The van der Waals surface area contributed by atoms with Gasteiger partial charge in [-0.15, -0.1) is 0 Å². The molecule has 0 aromatic rings. The van der Waals surface area contributed by atoms with E-state index in [1.54, 1.807) is 0 Å². The van der Waals surface area contributed by atoms with Crippen molar-refractivity contribution in [3.8, 4) is 0 Å². The van der Waals surface area contributed by atoms with Crippen LogP contribution in [-0.4, -0.2) is 24.2 Å². The second-order valence-electron chi connectivity index (χ2n) is 4.19. The average molecular weight is 171 g/mol. The summed E-state index contributed by atoms with van der Waals surface area (Å²) in [7, 11) is 0. The molecule has 12 heavy (non-hydrogen) atoms. The lowest BCUT2D eigenvalue weighted by molar-refractivity contribution is -0.131. The first kappa shape index (κ1) is 9.52. The van der Waals surface area contributed by atoms with Crippen molar-refractivity contribution in [2.24, 2.45) is 0 Å². The first-order valence-corrected chi connectivity index (χ1v) is 4.42. The van der Waals surface area contributed by atoms with E-state index < -0.39 is 0 Å². The quantitative estimate of drug-likeness (QED) is 0.641. The van der Waals surface area contributed by atoms with Crippen molar-refractivity contribution in [2.75, 3.05) is 6.54 Å². The number of carbonyl (C=O) groups is 1. The Morgan fingerprint density at radius 1 is 1.50 bits per heavy atom. The Labute approximate surface area is 73.5 Å². The minimum atomic E-state index is -0.137. The lowest BCUT2D eigenvalue weighted by atomic mass is 10.1. The molecule has 0 saturated carbocycles. The highest BCUT2D eigenvalue weighted by atomic mass is 16.5. The molecule has 0 spiro atoms. The van der Waals surface area contributed by atoms with E-state index in [4.69, 9.17) is 4.74 Å². The van der Waals surface area contributed by atoms with Crippen LogP contribution in [0.5, 0.6) is 0 Å². The summed E-state index contributed by atoms with van der Waals surface area (Å²) in [5.41, 5.74) is -0.137. The molecule has 1 aliphatic heterocycles. The average Bonchev–Trinajstić information content (AvgIpc) is 1.82. The van der Waals surface area contributed by atoms with Crippen molar-refractivity contribution in [2.45, 2.75) is 45.3 Å². The SMILES string of the molecule is CC(C)(C)O[C@@H]1CCNC(=O)C1. The van der Waals surface area contributed by atoms with Gasteiger partial charge in [-0.1, -0.05) is 0 Å². The largest absolute Gasteiger partial charge is 0.372 e.